The number of rotatable bonds is 5. The summed E-state index contributed by atoms with van der Waals surface area (Å²) < 4.78 is 5.92. The predicted molar refractivity (Wildman–Crippen MR) is 97.4 cm³/mol. The maximum Gasteiger partial charge on any atom is 0.328 e. The summed E-state index contributed by atoms with van der Waals surface area (Å²) in [6, 6.07) is 9.88. The van der Waals surface area contributed by atoms with Crippen LogP contribution in [0.4, 0.5) is 5.82 Å². The molecule has 0 amide bonds. The van der Waals surface area contributed by atoms with Crippen LogP contribution < -0.4 is 4.90 Å². The zero-order valence-corrected chi connectivity index (χ0v) is 14.3. The lowest BCUT2D eigenvalue weighted by Crippen LogP contribution is -2.27. The van der Waals surface area contributed by atoms with Gasteiger partial charge in [-0.2, -0.15) is 0 Å². The molecule has 0 saturated heterocycles. The fraction of sp³-hybridized carbons (Fsp3) is 0.211. The van der Waals surface area contributed by atoms with Crippen molar-refractivity contribution in [2.45, 2.75) is 19.9 Å². The summed E-state index contributed by atoms with van der Waals surface area (Å²) in [4.78, 5) is 21.8. The Hall–Kier alpha value is -3.15. The summed E-state index contributed by atoms with van der Waals surface area (Å²) in [7, 11) is 1.92. The maximum atomic E-state index is 10.7. The molecule has 0 fully saturated rings. The number of carboxylic acids is 1. The van der Waals surface area contributed by atoms with E-state index >= 15 is 0 Å². The number of anilines is 1. The van der Waals surface area contributed by atoms with Gasteiger partial charge in [0.1, 0.15) is 11.3 Å². The highest BCUT2D eigenvalue weighted by Gasteiger charge is 2.18. The van der Waals surface area contributed by atoms with Gasteiger partial charge in [-0.15, -0.1) is 0 Å². The van der Waals surface area contributed by atoms with Gasteiger partial charge in [-0.1, -0.05) is 18.2 Å². The normalized spacial score (nSPS) is 11.5. The number of nitrogens with zero attached hydrogens (tertiary/aromatic N) is 3. The maximum absolute atomic E-state index is 10.7. The molecule has 3 rings (SSSR count). The second-order valence-corrected chi connectivity index (χ2v) is 5.99. The Kier molecular flexibility index (Phi) is 4.52. The molecule has 0 bridgehead atoms. The van der Waals surface area contributed by atoms with Gasteiger partial charge in [0.25, 0.3) is 0 Å². The fourth-order valence-electron chi connectivity index (χ4n) is 2.39. The van der Waals surface area contributed by atoms with E-state index in [4.69, 9.17) is 9.52 Å². The Labute approximate surface area is 145 Å². The van der Waals surface area contributed by atoms with Gasteiger partial charge in [-0.3, -0.25) is 0 Å². The average molecular weight is 337 g/mol. The molecule has 0 aliphatic carbocycles. The zero-order valence-electron chi connectivity index (χ0n) is 14.3. The van der Waals surface area contributed by atoms with E-state index in [2.05, 4.69) is 9.97 Å². The molecular formula is C19H19N3O3. The third-order valence-electron chi connectivity index (χ3n) is 3.94. The van der Waals surface area contributed by atoms with Crippen LogP contribution in [0.25, 0.3) is 28.5 Å². The first kappa shape index (κ1) is 16.7. The van der Waals surface area contributed by atoms with Crippen molar-refractivity contribution >= 4 is 28.8 Å². The van der Waals surface area contributed by atoms with Gasteiger partial charge in [-0.05, 0) is 32.1 Å². The number of aliphatic carboxylic acids is 1. The first-order chi connectivity index (χ1) is 12.0. The van der Waals surface area contributed by atoms with Crippen molar-refractivity contribution in [3.63, 3.8) is 0 Å². The Morgan fingerprint density at radius 3 is 2.76 bits per heavy atom. The largest absolute Gasteiger partial charge is 0.478 e. The van der Waals surface area contributed by atoms with E-state index in [1.165, 1.54) is 6.08 Å². The van der Waals surface area contributed by atoms with E-state index in [0.29, 0.717) is 23.0 Å². The Bertz CT molecular complexity index is 911. The Morgan fingerprint density at radius 1 is 1.32 bits per heavy atom. The van der Waals surface area contributed by atoms with Crippen LogP contribution in [0.1, 0.15) is 19.5 Å². The standard InChI is InChI=1S/C19H19N3O3/c1-12(2)22(3)19-18(20-11-14(21-19)8-9-17(23)24)16-10-13-6-4-5-7-15(13)25-16/h4-12H,1-3H3,(H,23,24). The van der Waals surface area contributed by atoms with Crippen LogP contribution in [0, 0.1) is 0 Å². The number of furan rings is 1. The van der Waals surface area contributed by atoms with E-state index in [0.717, 1.165) is 17.0 Å². The van der Waals surface area contributed by atoms with Gasteiger partial charge >= 0.3 is 5.97 Å². The van der Waals surface area contributed by atoms with Crippen molar-refractivity contribution in [1.29, 1.82) is 0 Å². The van der Waals surface area contributed by atoms with Crippen molar-refractivity contribution in [3.8, 4) is 11.5 Å². The quantitative estimate of drug-likeness (QED) is 0.713. The van der Waals surface area contributed by atoms with Crippen LogP contribution in [-0.4, -0.2) is 34.1 Å². The summed E-state index contributed by atoms with van der Waals surface area (Å²) in [5.74, 6) is 0.244. The van der Waals surface area contributed by atoms with Gasteiger partial charge in [0, 0.05) is 24.6 Å². The summed E-state index contributed by atoms with van der Waals surface area (Å²) >= 11 is 0. The zero-order chi connectivity index (χ0) is 18.0. The minimum absolute atomic E-state index is 0.191. The highest BCUT2D eigenvalue weighted by atomic mass is 16.4. The predicted octanol–water partition coefficient (Wildman–Crippen LogP) is 3.83. The summed E-state index contributed by atoms with van der Waals surface area (Å²) in [6.45, 7) is 4.09. The lowest BCUT2D eigenvalue weighted by atomic mass is 10.2. The number of para-hydroxylation sites is 1. The Balaban J connectivity index is 2.12. The minimum atomic E-state index is -1.03. The van der Waals surface area contributed by atoms with Gasteiger partial charge in [0.2, 0.25) is 0 Å². The van der Waals surface area contributed by atoms with Crippen molar-refractivity contribution in [1.82, 2.24) is 9.97 Å². The topological polar surface area (TPSA) is 79.5 Å². The number of aromatic nitrogens is 2. The monoisotopic (exact) mass is 337 g/mol. The molecule has 0 radical (unpaired) electrons. The molecule has 2 aromatic heterocycles. The highest BCUT2D eigenvalue weighted by Crippen LogP contribution is 2.32. The molecule has 128 valence electrons. The third kappa shape index (κ3) is 3.52. The molecule has 1 aromatic carbocycles. The van der Waals surface area contributed by atoms with Crippen molar-refractivity contribution in [2.24, 2.45) is 0 Å². The smallest absolute Gasteiger partial charge is 0.328 e. The van der Waals surface area contributed by atoms with E-state index < -0.39 is 5.97 Å². The first-order valence-electron chi connectivity index (χ1n) is 7.95. The molecule has 0 spiro atoms. The number of fused-ring (bicyclic) bond motifs is 1. The summed E-state index contributed by atoms with van der Waals surface area (Å²) in [6.07, 6.45) is 4.01. The lowest BCUT2D eigenvalue weighted by molar-refractivity contribution is -0.131. The molecule has 0 aliphatic rings. The van der Waals surface area contributed by atoms with Crippen LogP contribution in [0.5, 0.6) is 0 Å². The second-order valence-electron chi connectivity index (χ2n) is 5.99. The number of benzene rings is 1. The number of carbonyl (C=O) groups is 1. The van der Waals surface area contributed by atoms with E-state index in [-0.39, 0.29) is 6.04 Å². The van der Waals surface area contributed by atoms with E-state index in [1.54, 1.807) is 6.20 Å². The molecule has 0 saturated carbocycles. The molecule has 2 heterocycles. The van der Waals surface area contributed by atoms with Crippen LogP contribution in [-0.2, 0) is 4.79 Å². The van der Waals surface area contributed by atoms with Gasteiger partial charge in [0.05, 0.1) is 11.9 Å². The number of hydrogen-bond acceptors (Lipinski definition) is 5. The number of hydrogen-bond donors (Lipinski definition) is 1. The molecule has 6 heteroatoms. The third-order valence-corrected chi connectivity index (χ3v) is 3.94. The molecule has 3 aromatic rings. The van der Waals surface area contributed by atoms with Crippen molar-refractivity contribution in [2.75, 3.05) is 11.9 Å². The second kappa shape index (κ2) is 6.76. The van der Waals surface area contributed by atoms with Crippen LogP contribution in [0.15, 0.2) is 47.0 Å². The SMILES string of the molecule is CC(C)N(C)c1nc(C=CC(=O)O)cnc1-c1cc2ccccc2o1. The van der Waals surface area contributed by atoms with Crippen LogP contribution in [0.2, 0.25) is 0 Å². The number of carboxylic acid groups (broad SMARTS) is 1. The summed E-state index contributed by atoms with van der Waals surface area (Å²) in [5, 5.41) is 9.79. The average Bonchev–Trinajstić information content (AvgIpc) is 3.02. The highest BCUT2D eigenvalue weighted by molar-refractivity contribution is 5.86. The molecule has 0 atom stereocenters. The molecule has 25 heavy (non-hydrogen) atoms. The van der Waals surface area contributed by atoms with Gasteiger partial charge in [0.15, 0.2) is 11.6 Å². The lowest BCUT2D eigenvalue weighted by Gasteiger charge is -2.24. The molecule has 0 unspecified atom stereocenters. The molecule has 6 nitrogen and oxygen atoms in total. The van der Waals surface area contributed by atoms with Gasteiger partial charge < -0.3 is 14.4 Å². The van der Waals surface area contributed by atoms with Crippen LogP contribution >= 0.6 is 0 Å². The summed E-state index contributed by atoms with van der Waals surface area (Å²) in [5.41, 5.74) is 1.89. The van der Waals surface area contributed by atoms with Crippen molar-refractivity contribution < 1.29 is 14.3 Å². The van der Waals surface area contributed by atoms with E-state index in [1.807, 2.05) is 56.1 Å². The molecule has 0 aliphatic heterocycles. The Morgan fingerprint density at radius 2 is 2.08 bits per heavy atom. The molecular weight excluding hydrogens is 318 g/mol. The fourth-order valence-corrected chi connectivity index (χ4v) is 2.39. The van der Waals surface area contributed by atoms with Crippen LogP contribution in [0.3, 0.4) is 0 Å². The first-order valence-corrected chi connectivity index (χ1v) is 7.95. The van der Waals surface area contributed by atoms with Gasteiger partial charge in [-0.25, -0.2) is 14.8 Å². The molecule has 1 N–H and O–H groups in total. The van der Waals surface area contributed by atoms with Crippen molar-refractivity contribution in [3.05, 3.63) is 48.3 Å². The van der Waals surface area contributed by atoms with E-state index in [9.17, 15) is 4.79 Å². The minimum Gasteiger partial charge on any atom is -0.478 e.